The first-order valence-electron chi connectivity index (χ1n) is 7.83. The maximum absolute atomic E-state index is 12.3. The smallest absolute Gasteiger partial charge is 0.410 e. The number of fused-ring (bicyclic) bond motifs is 1. The highest BCUT2D eigenvalue weighted by molar-refractivity contribution is 5.89. The van der Waals surface area contributed by atoms with Crippen LogP contribution in [0.1, 0.15) is 27.0 Å². The normalized spacial score (nSPS) is 13.1. The van der Waals surface area contributed by atoms with Crippen molar-refractivity contribution >= 4 is 12.1 Å². The van der Waals surface area contributed by atoms with Gasteiger partial charge >= 0.3 is 12.1 Å². The van der Waals surface area contributed by atoms with Crippen molar-refractivity contribution in [2.75, 3.05) is 13.7 Å². The number of carbonyl (C=O) groups is 2. The van der Waals surface area contributed by atoms with E-state index in [-0.39, 0.29) is 18.7 Å². The lowest BCUT2D eigenvalue weighted by atomic mass is 9.97. The average molecular weight is 325 g/mol. The molecule has 5 nitrogen and oxygen atoms in total. The zero-order valence-electron chi connectivity index (χ0n) is 13.5. The molecule has 5 heteroatoms. The van der Waals surface area contributed by atoms with Crippen LogP contribution in [0, 0.1) is 0 Å². The molecule has 3 rings (SSSR count). The van der Waals surface area contributed by atoms with E-state index in [2.05, 4.69) is 0 Å². The van der Waals surface area contributed by atoms with Gasteiger partial charge in [-0.1, -0.05) is 36.4 Å². The summed E-state index contributed by atoms with van der Waals surface area (Å²) in [6.45, 7) is 1.30. The Balaban J connectivity index is 1.65. The standard InChI is InChI=1S/C19H19NO4/c1-23-18(21)16-8-7-15-9-10-20(12-17(15)11-16)19(22)24-13-14-5-3-2-4-6-14/h2-8,11H,9-10,12-13H2,1H3. The van der Waals surface area contributed by atoms with Crippen molar-refractivity contribution in [3.63, 3.8) is 0 Å². The van der Waals surface area contributed by atoms with E-state index in [1.165, 1.54) is 7.11 Å². The second-order valence-electron chi connectivity index (χ2n) is 5.69. The molecule has 124 valence electrons. The summed E-state index contributed by atoms with van der Waals surface area (Å²) >= 11 is 0. The minimum Gasteiger partial charge on any atom is -0.465 e. The number of esters is 1. The average Bonchev–Trinajstić information content (AvgIpc) is 2.65. The number of benzene rings is 2. The third-order valence-corrected chi connectivity index (χ3v) is 4.10. The Bertz CT molecular complexity index is 742. The van der Waals surface area contributed by atoms with Crippen molar-refractivity contribution in [1.82, 2.24) is 4.90 Å². The number of hydrogen-bond acceptors (Lipinski definition) is 4. The number of amides is 1. The Morgan fingerprint density at radius 2 is 1.88 bits per heavy atom. The Labute approximate surface area is 140 Å². The van der Waals surface area contributed by atoms with Gasteiger partial charge in [0.05, 0.1) is 12.7 Å². The Morgan fingerprint density at radius 3 is 2.62 bits per heavy atom. The molecule has 0 aromatic heterocycles. The summed E-state index contributed by atoms with van der Waals surface area (Å²) in [6.07, 6.45) is 0.407. The molecule has 2 aromatic rings. The second kappa shape index (κ2) is 7.17. The molecule has 0 fully saturated rings. The summed E-state index contributed by atoms with van der Waals surface area (Å²) in [4.78, 5) is 25.6. The fraction of sp³-hybridized carbons (Fsp3) is 0.263. The van der Waals surface area contributed by atoms with E-state index < -0.39 is 0 Å². The lowest BCUT2D eigenvalue weighted by Gasteiger charge is -2.28. The third kappa shape index (κ3) is 3.56. The molecule has 1 heterocycles. The lowest BCUT2D eigenvalue weighted by molar-refractivity contribution is 0.0600. The summed E-state index contributed by atoms with van der Waals surface area (Å²) < 4.78 is 10.1. The van der Waals surface area contributed by atoms with Gasteiger partial charge in [0.2, 0.25) is 0 Å². The summed E-state index contributed by atoms with van der Waals surface area (Å²) in [5, 5.41) is 0. The van der Waals surface area contributed by atoms with Gasteiger partial charge in [-0.2, -0.15) is 0 Å². The lowest BCUT2D eigenvalue weighted by Crippen LogP contribution is -2.36. The van der Waals surface area contributed by atoms with Gasteiger partial charge in [0, 0.05) is 13.1 Å². The molecule has 0 saturated carbocycles. The molecular formula is C19H19NO4. The van der Waals surface area contributed by atoms with Gasteiger partial charge in [-0.15, -0.1) is 0 Å². The van der Waals surface area contributed by atoms with Crippen LogP contribution in [0.4, 0.5) is 4.79 Å². The van der Waals surface area contributed by atoms with Gasteiger partial charge in [0.25, 0.3) is 0 Å². The minimum atomic E-state index is -0.374. The van der Waals surface area contributed by atoms with E-state index in [4.69, 9.17) is 9.47 Å². The molecule has 1 aliphatic heterocycles. The van der Waals surface area contributed by atoms with Gasteiger partial charge in [-0.3, -0.25) is 0 Å². The van der Waals surface area contributed by atoms with E-state index in [1.54, 1.807) is 17.0 Å². The first-order chi connectivity index (χ1) is 11.7. The largest absolute Gasteiger partial charge is 0.465 e. The molecule has 0 N–H and O–H groups in total. The van der Waals surface area contributed by atoms with E-state index in [1.807, 2.05) is 36.4 Å². The Kier molecular flexibility index (Phi) is 4.79. The summed E-state index contributed by atoms with van der Waals surface area (Å²) in [5.41, 5.74) is 3.56. The topological polar surface area (TPSA) is 55.8 Å². The van der Waals surface area contributed by atoms with Crippen molar-refractivity contribution in [2.24, 2.45) is 0 Å². The first-order valence-corrected chi connectivity index (χ1v) is 7.83. The van der Waals surface area contributed by atoms with Crippen molar-refractivity contribution in [3.8, 4) is 0 Å². The van der Waals surface area contributed by atoms with Crippen LogP contribution in [0.15, 0.2) is 48.5 Å². The zero-order chi connectivity index (χ0) is 16.9. The van der Waals surface area contributed by atoms with E-state index >= 15 is 0 Å². The Hall–Kier alpha value is -2.82. The van der Waals surface area contributed by atoms with Crippen LogP contribution in [0.3, 0.4) is 0 Å². The van der Waals surface area contributed by atoms with Crippen molar-refractivity contribution in [3.05, 3.63) is 70.8 Å². The molecule has 1 amide bonds. The van der Waals surface area contributed by atoms with Crippen LogP contribution in [0.5, 0.6) is 0 Å². The number of hydrogen-bond donors (Lipinski definition) is 0. The van der Waals surface area contributed by atoms with Crippen LogP contribution in [0.25, 0.3) is 0 Å². The number of methoxy groups -OCH3 is 1. The number of rotatable bonds is 3. The zero-order valence-corrected chi connectivity index (χ0v) is 13.5. The van der Waals surface area contributed by atoms with Gasteiger partial charge in [0.1, 0.15) is 6.61 Å². The van der Waals surface area contributed by atoms with Crippen LogP contribution < -0.4 is 0 Å². The second-order valence-corrected chi connectivity index (χ2v) is 5.69. The van der Waals surface area contributed by atoms with Crippen molar-refractivity contribution < 1.29 is 19.1 Å². The molecule has 0 bridgehead atoms. The Morgan fingerprint density at radius 1 is 1.08 bits per heavy atom. The van der Waals surface area contributed by atoms with Gasteiger partial charge in [0.15, 0.2) is 0 Å². The molecule has 0 unspecified atom stereocenters. The van der Waals surface area contributed by atoms with Gasteiger partial charge in [-0.25, -0.2) is 9.59 Å². The van der Waals surface area contributed by atoms with Crippen LogP contribution in [-0.4, -0.2) is 30.6 Å². The van der Waals surface area contributed by atoms with E-state index in [0.717, 1.165) is 23.1 Å². The van der Waals surface area contributed by atoms with Crippen molar-refractivity contribution in [1.29, 1.82) is 0 Å². The summed E-state index contributed by atoms with van der Waals surface area (Å²) in [6, 6.07) is 15.1. The summed E-state index contributed by atoms with van der Waals surface area (Å²) in [7, 11) is 1.36. The molecular weight excluding hydrogens is 306 g/mol. The van der Waals surface area contributed by atoms with Crippen LogP contribution >= 0.6 is 0 Å². The van der Waals surface area contributed by atoms with Gasteiger partial charge in [-0.05, 0) is 35.2 Å². The predicted molar refractivity (Wildman–Crippen MR) is 88.5 cm³/mol. The predicted octanol–water partition coefficient (Wildman–Crippen LogP) is 3.17. The van der Waals surface area contributed by atoms with Crippen LogP contribution in [-0.2, 0) is 29.0 Å². The fourth-order valence-corrected chi connectivity index (χ4v) is 2.77. The fourth-order valence-electron chi connectivity index (χ4n) is 2.77. The molecule has 0 atom stereocenters. The van der Waals surface area contributed by atoms with Crippen LogP contribution in [0.2, 0.25) is 0 Å². The molecule has 2 aromatic carbocycles. The molecule has 24 heavy (non-hydrogen) atoms. The van der Waals surface area contributed by atoms with Gasteiger partial charge < -0.3 is 14.4 Å². The maximum Gasteiger partial charge on any atom is 0.410 e. The quantitative estimate of drug-likeness (QED) is 0.813. The number of ether oxygens (including phenoxy) is 2. The van der Waals surface area contributed by atoms with Crippen molar-refractivity contribution in [2.45, 2.75) is 19.6 Å². The first kappa shape index (κ1) is 16.1. The maximum atomic E-state index is 12.3. The highest BCUT2D eigenvalue weighted by atomic mass is 16.6. The highest BCUT2D eigenvalue weighted by Gasteiger charge is 2.23. The SMILES string of the molecule is COC(=O)c1ccc2c(c1)CN(C(=O)OCc1ccccc1)CC2. The third-order valence-electron chi connectivity index (χ3n) is 4.10. The van der Waals surface area contributed by atoms with E-state index in [9.17, 15) is 9.59 Å². The highest BCUT2D eigenvalue weighted by Crippen LogP contribution is 2.21. The minimum absolute atomic E-state index is 0.255. The molecule has 0 saturated heterocycles. The monoisotopic (exact) mass is 325 g/mol. The number of carbonyl (C=O) groups excluding carboxylic acids is 2. The van der Waals surface area contributed by atoms with E-state index in [0.29, 0.717) is 18.7 Å². The molecule has 1 aliphatic rings. The number of nitrogens with zero attached hydrogens (tertiary/aromatic N) is 1. The summed E-state index contributed by atoms with van der Waals surface area (Å²) in [5.74, 6) is -0.374. The molecule has 0 radical (unpaired) electrons. The molecule has 0 spiro atoms. The molecule has 0 aliphatic carbocycles.